The number of amides is 3. The number of carbonyl (C=O) groups is 4. The molecule has 3 amide bonds. The number of rotatable bonds is 7. The molecule has 146 valence electrons. The number of carbonyl (C=O) groups excluding carboxylic acids is 4. The fraction of sp³-hybridized carbons (Fsp3) is 0.412. The Morgan fingerprint density at radius 1 is 1.11 bits per heavy atom. The predicted octanol–water partition coefficient (Wildman–Crippen LogP) is -0.283. The molecule has 0 saturated heterocycles. The van der Waals surface area contributed by atoms with Gasteiger partial charge in [-0.2, -0.15) is 0 Å². The van der Waals surface area contributed by atoms with Gasteiger partial charge in [0.2, 0.25) is 0 Å². The lowest BCUT2D eigenvalue weighted by molar-refractivity contribution is -0.154. The maximum atomic E-state index is 12.6. The Kier molecular flexibility index (Phi) is 5.99. The summed E-state index contributed by atoms with van der Waals surface area (Å²) in [6, 6.07) is 4.61. The summed E-state index contributed by atoms with van der Waals surface area (Å²) in [6.45, 7) is -0.579. The van der Waals surface area contributed by atoms with Crippen molar-refractivity contribution in [3.05, 3.63) is 35.4 Å². The van der Waals surface area contributed by atoms with Gasteiger partial charge in [0.05, 0.1) is 16.9 Å². The Balaban J connectivity index is 2.27. The molecule has 0 aromatic heterocycles. The van der Waals surface area contributed by atoms with E-state index in [1.165, 1.54) is 31.1 Å². The molecular weight excluding hydrogens is 376 g/mol. The molecule has 27 heavy (non-hydrogen) atoms. The van der Waals surface area contributed by atoms with E-state index < -0.39 is 51.9 Å². The van der Waals surface area contributed by atoms with Crippen molar-refractivity contribution in [2.45, 2.75) is 12.5 Å². The zero-order valence-corrected chi connectivity index (χ0v) is 16.0. The first-order valence-corrected chi connectivity index (χ1v) is 10.1. The predicted molar refractivity (Wildman–Crippen MR) is 94.7 cm³/mol. The summed E-state index contributed by atoms with van der Waals surface area (Å²) >= 11 is 0. The maximum absolute atomic E-state index is 12.6. The number of nitrogens with zero attached hydrogens (tertiary/aromatic N) is 2. The van der Waals surface area contributed by atoms with Gasteiger partial charge in [-0.05, 0) is 18.6 Å². The number of fused-ring (bicyclic) bond motifs is 1. The van der Waals surface area contributed by atoms with Gasteiger partial charge in [-0.3, -0.25) is 19.3 Å². The number of likely N-dealkylation sites (N-methyl/N-ethyl adjacent to an activating group) is 1. The quantitative estimate of drug-likeness (QED) is 0.459. The van der Waals surface area contributed by atoms with Crippen LogP contribution in [0.4, 0.5) is 0 Å². The molecule has 1 atom stereocenters. The van der Waals surface area contributed by atoms with Crippen LogP contribution in [0.5, 0.6) is 0 Å². The van der Waals surface area contributed by atoms with Crippen LogP contribution in [0.2, 0.25) is 0 Å². The molecule has 0 bridgehead atoms. The van der Waals surface area contributed by atoms with Crippen LogP contribution in [0.15, 0.2) is 24.3 Å². The first-order valence-electron chi connectivity index (χ1n) is 8.04. The Hall–Kier alpha value is -2.75. The summed E-state index contributed by atoms with van der Waals surface area (Å²) in [4.78, 5) is 51.2. The highest BCUT2D eigenvalue weighted by Gasteiger charge is 2.43. The molecule has 0 unspecified atom stereocenters. The minimum atomic E-state index is -3.46. The zero-order chi connectivity index (χ0) is 20.4. The van der Waals surface area contributed by atoms with Gasteiger partial charge in [0.15, 0.2) is 6.61 Å². The van der Waals surface area contributed by atoms with E-state index in [4.69, 9.17) is 4.74 Å². The average Bonchev–Trinajstić information content (AvgIpc) is 2.84. The van der Waals surface area contributed by atoms with Crippen molar-refractivity contribution in [1.29, 1.82) is 0 Å². The number of esters is 1. The zero-order valence-electron chi connectivity index (χ0n) is 15.2. The summed E-state index contributed by atoms with van der Waals surface area (Å²) in [5.41, 5.74) is 0.257. The second-order valence-corrected chi connectivity index (χ2v) is 8.62. The molecule has 1 aliphatic rings. The Bertz CT molecular complexity index is 857. The highest BCUT2D eigenvalue weighted by Crippen LogP contribution is 2.26. The molecular formula is C17H20N2O7S. The summed E-state index contributed by atoms with van der Waals surface area (Å²) in [7, 11) is -0.514. The summed E-state index contributed by atoms with van der Waals surface area (Å²) in [6.07, 6.45) is 0.659. The van der Waals surface area contributed by atoms with Gasteiger partial charge in [-0.1, -0.05) is 12.1 Å². The lowest BCUT2D eigenvalue weighted by Crippen LogP contribution is -2.47. The van der Waals surface area contributed by atoms with Gasteiger partial charge in [0.25, 0.3) is 17.7 Å². The Morgan fingerprint density at radius 3 is 2.07 bits per heavy atom. The normalized spacial score (nSPS) is 14.7. The monoisotopic (exact) mass is 396 g/mol. The van der Waals surface area contributed by atoms with Crippen molar-refractivity contribution in [3.8, 4) is 0 Å². The highest BCUT2D eigenvalue weighted by atomic mass is 32.2. The van der Waals surface area contributed by atoms with Gasteiger partial charge in [-0.25, -0.2) is 13.2 Å². The van der Waals surface area contributed by atoms with Crippen LogP contribution in [0.3, 0.4) is 0 Å². The standard InChI is InChI=1S/C17H20N2O7S/c1-18(2)14(20)10-26-17(23)13(8-9-27(3,24)25)19-15(21)11-6-4-5-7-12(11)16(19)22/h4-7,13H,8-10H2,1-3H3/t13-/m0/s1. The van der Waals surface area contributed by atoms with Crippen LogP contribution in [0.1, 0.15) is 27.1 Å². The highest BCUT2D eigenvalue weighted by molar-refractivity contribution is 7.90. The van der Waals surface area contributed by atoms with E-state index in [9.17, 15) is 27.6 Å². The van der Waals surface area contributed by atoms with Crippen molar-refractivity contribution in [1.82, 2.24) is 9.80 Å². The van der Waals surface area contributed by atoms with E-state index in [1.807, 2.05) is 0 Å². The van der Waals surface area contributed by atoms with Gasteiger partial charge in [0.1, 0.15) is 15.9 Å². The lowest BCUT2D eigenvalue weighted by atomic mass is 10.1. The van der Waals surface area contributed by atoms with Gasteiger partial charge in [0, 0.05) is 20.4 Å². The Morgan fingerprint density at radius 2 is 1.63 bits per heavy atom. The third-order valence-electron chi connectivity index (χ3n) is 4.01. The van der Waals surface area contributed by atoms with Crippen LogP contribution in [0.25, 0.3) is 0 Å². The minimum absolute atomic E-state index is 0.129. The molecule has 0 fully saturated rings. The topological polar surface area (TPSA) is 118 Å². The van der Waals surface area contributed by atoms with Gasteiger partial charge in [-0.15, -0.1) is 0 Å². The molecule has 0 N–H and O–H groups in total. The molecule has 0 saturated carbocycles. The Labute approximate surface area is 156 Å². The largest absolute Gasteiger partial charge is 0.454 e. The van der Waals surface area contributed by atoms with E-state index in [-0.39, 0.29) is 17.5 Å². The van der Waals surface area contributed by atoms with E-state index in [2.05, 4.69) is 0 Å². The first kappa shape index (κ1) is 20.6. The third-order valence-corrected chi connectivity index (χ3v) is 4.99. The number of imide groups is 1. The van der Waals surface area contributed by atoms with Crippen molar-refractivity contribution < 1.29 is 32.3 Å². The van der Waals surface area contributed by atoms with Crippen molar-refractivity contribution in [2.75, 3.05) is 32.7 Å². The van der Waals surface area contributed by atoms with Gasteiger partial charge >= 0.3 is 5.97 Å². The van der Waals surface area contributed by atoms with Gasteiger partial charge < -0.3 is 9.64 Å². The molecule has 1 aliphatic heterocycles. The van der Waals surface area contributed by atoms with Crippen molar-refractivity contribution in [3.63, 3.8) is 0 Å². The molecule has 2 rings (SSSR count). The van der Waals surface area contributed by atoms with Crippen molar-refractivity contribution in [2.24, 2.45) is 0 Å². The molecule has 1 heterocycles. The van der Waals surface area contributed by atoms with Crippen LogP contribution < -0.4 is 0 Å². The third kappa shape index (κ3) is 4.70. The van der Waals surface area contributed by atoms with E-state index in [1.54, 1.807) is 12.1 Å². The molecule has 9 nitrogen and oxygen atoms in total. The smallest absolute Gasteiger partial charge is 0.329 e. The van der Waals surface area contributed by atoms with E-state index in [0.717, 1.165) is 6.26 Å². The lowest BCUT2D eigenvalue weighted by Gasteiger charge is -2.24. The van der Waals surface area contributed by atoms with E-state index in [0.29, 0.717) is 4.90 Å². The number of sulfone groups is 1. The SMILES string of the molecule is CN(C)C(=O)COC(=O)[C@H](CCS(C)(=O)=O)N1C(=O)c2ccccc2C1=O. The number of hydrogen-bond donors (Lipinski definition) is 0. The molecule has 10 heteroatoms. The fourth-order valence-electron chi connectivity index (χ4n) is 2.53. The second-order valence-electron chi connectivity index (χ2n) is 6.36. The average molecular weight is 396 g/mol. The van der Waals surface area contributed by atoms with Crippen molar-refractivity contribution >= 4 is 33.5 Å². The summed E-state index contributed by atoms with van der Waals surface area (Å²) in [5, 5.41) is 0. The van der Waals surface area contributed by atoms with Crippen LogP contribution >= 0.6 is 0 Å². The first-order chi connectivity index (χ1) is 12.5. The van der Waals surface area contributed by atoms with E-state index >= 15 is 0 Å². The minimum Gasteiger partial charge on any atom is -0.454 e. The fourth-order valence-corrected chi connectivity index (χ4v) is 3.18. The number of hydrogen-bond acceptors (Lipinski definition) is 7. The molecule has 0 aliphatic carbocycles. The number of benzene rings is 1. The summed E-state index contributed by atoms with van der Waals surface area (Å²) < 4.78 is 27.9. The molecule has 1 aromatic rings. The van der Waals surface area contributed by atoms with Crippen LogP contribution in [0, 0.1) is 0 Å². The maximum Gasteiger partial charge on any atom is 0.329 e. The van der Waals surface area contributed by atoms with Crippen LogP contribution in [-0.2, 0) is 24.2 Å². The molecule has 0 spiro atoms. The van der Waals surface area contributed by atoms with Crippen LogP contribution in [-0.4, -0.2) is 80.7 Å². The molecule has 1 aromatic carbocycles. The summed E-state index contributed by atoms with van der Waals surface area (Å²) in [5.74, 6) is -3.34. The number of ether oxygens (including phenoxy) is 1. The molecule has 0 radical (unpaired) electrons. The second kappa shape index (κ2) is 7.87.